The largest absolute Gasteiger partial charge is 0.493 e. The number of carbonyl (C=O) groups excluding carboxylic acids is 1. The Balaban J connectivity index is 1.26. The summed E-state index contributed by atoms with van der Waals surface area (Å²) in [5.41, 5.74) is 0. The maximum Gasteiger partial charge on any atom is 0.223 e. The molecule has 150 valence electrons. The van der Waals surface area contributed by atoms with Crippen LogP contribution >= 0.6 is 0 Å². The number of fused-ring (bicyclic) bond motifs is 1. The van der Waals surface area contributed by atoms with E-state index >= 15 is 0 Å². The van der Waals surface area contributed by atoms with Crippen LogP contribution in [0.1, 0.15) is 49.7 Å². The Labute approximate surface area is 165 Å². The Morgan fingerprint density at radius 2 is 1.96 bits per heavy atom. The predicted molar refractivity (Wildman–Crippen MR) is 104 cm³/mol. The molecule has 2 aliphatic rings. The zero-order chi connectivity index (χ0) is 19.2. The minimum Gasteiger partial charge on any atom is -0.493 e. The molecular weight excluding hydrogens is 356 g/mol. The summed E-state index contributed by atoms with van der Waals surface area (Å²) in [6, 6.07) is 9.76. The number of amides is 1. The Morgan fingerprint density at radius 1 is 1.14 bits per heavy atom. The summed E-state index contributed by atoms with van der Waals surface area (Å²) in [4.78, 5) is 12.3. The molecule has 1 aromatic carbocycles. The first-order valence-corrected chi connectivity index (χ1v) is 10.3. The van der Waals surface area contributed by atoms with Crippen molar-refractivity contribution in [2.24, 2.45) is 0 Å². The second-order valence-electron chi connectivity index (χ2n) is 7.52. The molecule has 0 radical (unpaired) electrons. The van der Waals surface area contributed by atoms with E-state index in [9.17, 15) is 4.79 Å². The fraction of sp³-hybridized carbons (Fsp3) is 0.571. The molecule has 1 fully saturated rings. The number of ether oxygens (including phenoxy) is 2. The first kappa shape index (κ1) is 18.9. The summed E-state index contributed by atoms with van der Waals surface area (Å²) in [5, 5.41) is 12.1. The van der Waals surface area contributed by atoms with Gasteiger partial charge in [0.05, 0.1) is 13.0 Å². The van der Waals surface area contributed by atoms with Gasteiger partial charge in [-0.25, -0.2) is 0 Å². The Morgan fingerprint density at radius 3 is 2.79 bits per heavy atom. The molecule has 7 heteroatoms. The van der Waals surface area contributed by atoms with Crippen LogP contribution in [0.3, 0.4) is 0 Å². The maximum absolute atomic E-state index is 12.3. The summed E-state index contributed by atoms with van der Waals surface area (Å²) >= 11 is 0. The third-order valence-corrected chi connectivity index (χ3v) is 5.57. The Hall–Kier alpha value is -2.41. The molecule has 1 unspecified atom stereocenters. The number of hydrogen-bond donors (Lipinski definition) is 1. The Bertz CT molecular complexity index is 771. The van der Waals surface area contributed by atoms with Gasteiger partial charge in [-0.3, -0.25) is 4.79 Å². The number of rotatable bonds is 6. The third kappa shape index (κ3) is 4.70. The molecule has 1 amide bonds. The average Bonchev–Trinajstić information content (AvgIpc) is 3.04. The van der Waals surface area contributed by atoms with E-state index in [1.807, 2.05) is 30.3 Å². The predicted octanol–water partition coefficient (Wildman–Crippen LogP) is 2.46. The molecule has 3 heterocycles. The maximum atomic E-state index is 12.3. The van der Waals surface area contributed by atoms with Crippen molar-refractivity contribution in [1.82, 2.24) is 20.1 Å². The second-order valence-corrected chi connectivity index (χ2v) is 7.52. The lowest BCUT2D eigenvalue weighted by Crippen LogP contribution is -2.36. The van der Waals surface area contributed by atoms with Crippen molar-refractivity contribution >= 4 is 5.91 Å². The molecule has 1 saturated heterocycles. The monoisotopic (exact) mass is 384 g/mol. The summed E-state index contributed by atoms with van der Waals surface area (Å²) < 4.78 is 13.4. The standard InChI is InChI=1S/C21H28N4O3/c26-20(11-15-28-18-4-2-1-3-5-18)22-17-6-7-19-23-24-21(25(19)12-8-17)16-9-13-27-14-10-16/h1-5,16-17H,6-15H2,(H,22,26). The van der Waals surface area contributed by atoms with E-state index in [1.165, 1.54) is 0 Å². The van der Waals surface area contributed by atoms with Gasteiger partial charge >= 0.3 is 0 Å². The molecule has 1 atom stereocenters. The van der Waals surface area contributed by atoms with E-state index in [0.29, 0.717) is 18.9 Å². The van der Waals surface area contributed by atoms with E-state index in [0.717, 1.165) is 69.3 Å². The molecule has 2 aromatic rings. The van der Waals surface area contributed by atoms with Gasteiger partial charge in [0, 0.05) is 38.1 Å². The normalized spacial score (nSPS) is 20.2. The van der Waals surface area contributed by atoms with Crippen LogP contribution in [0, 0.1) is 0 Å². The van der Waals surface area contributed by atoms with Gasteiger partial charge in [0.2, 0.25) is 5.91 Å². The third-order valence-electron chi connectivity index (χ3n) is 5.57. The highest BCUT2D eigenvalue weighted by Gasteiger charge is 2.26. The van der Waals surface area contributed by atoms with Crippen molar-refractivity contribution < 1.29 is 14.3 Å². The molecular formula is C21H28N4O3. The van der Waals surface area contributed by atoms with Gasteiger partial charge in [-0.15, -0.1) is 10.2 Å². The summed E-state index contributed by atoms with van der Waals surface area (Å²) in [6.45, 7) is 2.86. The minimum absolute atomic E-state index is 0.0447. The fourth-order valence-corrected chi connectivity index (χ4v) is 3.99. The van der Waals surface area contributed by atoms with Crippen LogP contribution in [0.4, 0.5) is 0 Å². The van der Waals surface area contributed by atoms with Crippen LogP contribution in [0.25, 0.3) is 0 Å². The van der Waals surface area contributed by atoms with Crippen LogP contribution in [0.5, 0.6) is 5.75 Å². The molecule has 0 spiro atoms. The lowest BCUT2D eigenvalue weighted by molar-refractivity contribution is -0.122. The van der Waals surface area contributed by atoms with Crippen LogP contribution < -0.4 is 10.1 Å². The van der Waals surface area contributed by atoms with Crippen LogP contribution in [-0.4, -0.2) is 46.5 Å². The van der Waals surface area contributed by atoms with E-state index < -0.39 is 0 Å². The molecule has 28 heavy (non-hydrogen) atoms. The Kier molecular flexibility index (Phi) is 6.21. The first-order valence-electron chi connectivity index (χ1n) is 10.3. The first-order chi connectivity index (χ1) is 13.8. The zero-order valence-corrected chi connectivity index (χ0v) is 16.2. The van der Waals surface area contributed by atoms with Gasteiger partial charge in [-0.05, 0) is 37.8 Å². The van der Waals surface area contributed by atoms with Crippen molar-refractivity contribution in [3.63, 3.8) is 0 Å². The van der Waals surface area contributed by atoms with Crippen LogP contribution in [-0.2, 0) is 22.5 Å². The van der Waals surface area contributed by atoms with Gasteiger partial charge in [-0.1, -0.05) is 18.2 Å². The quantitative estimate of drug-likeness (QED) is 0.828. The van der Waals surface area contributed by atoms with Crippen LogP contribution in [0.15, 0.2) is 30.3 Å². The number of aryl methyl sites for hydroxylation is 1. The molecule has 7 nitrogen and oxygen atoms in total. The smallest absolute Gasteiger partial charge is 0.223 e. The fourth-order valence-electron chi connectivity index (χ4n) is 3.99. The van der Waals surface area contributed by atoms with E-state index in [2.05, 4.69) is 20.1 Å². The number of nitrogens with one attached hydrogen (secondary N) is 1. The van der Waals surface area contributed by atoms with Crippen molar-refractivity contribution in [2.45, 2.75) is 57.0 Å². The van der Waals surface area contributed by atoms with Crippen molar-refractivity contribution in [1.29, 1.82) is 0 Å². The van der Waals surface area contributed by atoms with E-state index in [1.54, 1.807) is 0 Å². The van der Waals surface area contributed by atoms with Crippen molar-refractivity contribution in [2.75, 3.05) is 19.8 Å². The number of nitrogens with zero attached hydrogens (tertiary/aromatic N) is 3. The number of benzene rings is 1. The summed E-state index contributed by atoms with van der Waals surface area (Å²) in [6.07, 6.45) is 5.05. The van der Waals surface area contributed by atoms with Crippen molar-refractivity contribution in [3.05, 3.63) is 42.0 Å². The van der Waals surface area contributed by atoms with Gasteiger partial charge < -0.3 is 19.4 Å². The number of para-hydroxylation sites is 1. The molecule has 0 aliphatic carbocycles. The zero-order valence-electron chi connectivity index (χ0n) is 16.2. The summed E-state index contributed by atoms with van der Waals surface area (Å²) in [7, 11) is 0. The summed E-state index contributed by atoms with van der Waals surface area (Å²) in [5.74, 6) is 3.43. The highest BCUT2D eigenvalue weighted by Crippen LogP contribution is 2.27. The van der Waals surface area contributed by atoms with Crippen LogP contribution in [0.2, 0.25) is 0 Å². The topological polar surface area (TPSA) is 78.3 Å². The van der Waals surface area contributed by atoms with E-state index in [4.69, 9.17) is 9.47 Å². The van der Waals surface area contributed by atoms with E-state index in [-0.39, 0.29) is 11.9 Å². The highest BCUT2D eigenvalue weighted by molar-refractivity contribution is 5.76. The molecule has 2 aliphatic heterocycles. The second kappa shape index (κ2) is 9.19. The van der Waals surface area contributed by atoms with Crippen molar-refractivity contribution in [3.8, 4) is 5.75 Å². The van der Waals surface area contributed by atoms with Gasteiger partial charge in [0.1, 0.15) is 17.4 Å². The van der Waals surface area contributed by atoms with Gasteiger partial charge in [-0.2, -0.15) is 0 Å². The number of hydrogen-bond acceptors (Lipinski definition) is 5. The van der Waals surface area contributed by atoms with Gasteiger partial charge in [0.15, 0.2) is 0 Å². The molecule has 4 rings (SSSR count). The highest BCUT2D eigenvalue weighted by atomic mass is 16.5. The minimum atomic E-state index is 0.0447. The number of carbonyl (C=O) groups is 1. The lowest BCUT2D eigenvalue weighted by atomic mass is 9.99. The SMILES string of the molecule is O=C(CCOc1ccccc1)NC1CCc2nnc(C3CCOCC3)n2CC1. The molecule has 1 N–H and O–H groups in total. The average molecular weight is 384 g/mol. The molecule has 0 saturated carbocycles. The lowest BCUT2D eigenvalue weighted by Gasteiger charge is -2.22. The number of aromatic nitrogens is 3. The molecule has 1 aromatic heterocycles. The molecule has 0 bridgehead atoms. The van der Waals surface area contributed by atoms with Gasteiger partial charge in [0.25, 0.3) is 0 Å².